The van der Waals surface area contributed by atoms with Crippen LogP contribution in [0, 0.1) is 0 Å². The predicted molar refractivity (Wildman–Crippen MR) is 88.6 cm³/mol. The topological polar surface area (TPSA) is 63.5 Å². The Kier molecular flexibility index (Phi) is 4.64. The maximum absolute atomic E-state index is 12.0. The number of carbonyl (C=O) groups is 1. The quantitative estimate of drug-likeness (QED) is 0.807. The van der Waals surface area contributed by atoms with Gasteiger partial charge in [0.05, 0.1) is 6.61 Å². The van der Waals surface area contributed by atoms with Crippen LogP contribution in [0.4, 0.5) is 10.7 Å². The summed E-state index contributed by atoms with van der Waals surface area (Å²) in [5, 5.41) is 0. The molecule has 1 aliphatic rings. The number of pyridine rings is 1. The van der Waals surface area contributed by atoms with Crippen LogP contribution in [0.15, 0.2) is 18.3 Å². The molecule has 0 N–H and O–H groups in total. The van der Waals surface area contributed by atoms with Crippen molar-refractivity contribution in [1.29, 1.82) is 0 Å². The normalized spacial score (nSPS) is 15.2. The molecule has 7 nitrogen and oxygen atoms in total. The molecule has 23 heavy (non-hydrogen) atoms. The van der Waals surface area contributed by atoms with Crippen LogP contribution in [-0.4, -0.2) is 58.3 Å². The second-order valence-corrected chi connectivity index (χ2v) is 5.76. The molecule has 2 aromatic heterocycles. The molecule has 1 saturated heterocycles. The molecular formula is C16H23N5O2. The van der Waals surface area contributed by atoms with Crippen LogP contribution < -0.4 is 4.90 Å². The van der Waals surface area contributed by atoms with Crippen molar-refractivity contribution >= 4 is 23.2 Å². The van der Waals surface area contributed by atoms with Gasteiger partial charge in [-0.05, 0) is 18.6 Å². The Bertz CT molecular complexity index is 676. The van der Waals surface area contributed by atoms with E-state index in [1.54, 1.807) is 11.1 Å². The second-order valence-electron chi connectivity index (χ2n) is 5.76. The molecule has 1 fully saturated rings. The molecule has 3 rings (SSSR count). The first-order valence-corrected chi connectivity index (χ1v) is 8.14. The van der Waals surface area contributed by atoms with E-state index >= 15 is 0 Å². The summed E-state index contributed by atoms with van der Waals surface area (Å²) in [6.45, 7) is 5.40. The molecule has 0 bridgehead atoms. The van der Waals surface area contributed by atoms with Gasteiger partial charge in [-0.1, -0.05) is 13.3 Å². The van der Waals surface area contributed by atoms with Gasteiger partial charge in [-0.25, -0.2) is 14.8 Å². The lowest BCUT2D eigenvalue weighted by atomic mass is 10.3. The Morgan fingerprint density at radius 2 is 2.09 bits per heavy atom. The Morgan fingerprint density at radius 1 is 1.30 bits per heavy atom. The first-order valence-electron chi connectivity index (χ1n) is 8.14. The number of unbranched alkanes of at least 4 members (excludes halogenated alkanes) is 1. The molecule has 0 atom stereocenters. The van der Waals surface area contributed by atoms with Gasteiger partial charge in [0.15, 0.2) is 5.65 Å². The zero-order valence-electron chi connectivity index (χ0n) is 13.7. The lowest BCUT2D eigenvalue weighted by Crippen LogP contribution is -2.49. The third-order valence-electron chi connectivity index (χ3n) is 4.15. The van der Waals surface area contributed by atoms with E-state index in [1.807, 2.05) is 23.7 Å². The monoisotopic (exact) mass is 317 g/mol. The number of hydrogen-bond donors (Lipinski definition) is 0. The van der Waals surface area contributed by atoms with Crippen molar-refractivity contribution in [3.05, 3.63) is 18.3 Å². The van der Waals surface area contributed by atoms with Crippen LogP contribution in [-0.2, 0) is 11.8 Å². The Hall–Kier alpha value is -2.31. The number of piperazine rings is 1. The summed E-state index contributed by atoms with van der Waals surface area (Å²) < 4.78 is 7.28. The lowest BCUT2D eigenvalue weighted by Gasteiger charge is -2.34. The number of anilines is 1. The summed E-state index contributed by atoms with van der Waals surface area (Å²) in [6.07, 6.45) is 3.52. The van der Waals surface area contributed by atoms with E-state index in [0.717, 1.165) is 43.0 Å². The smallest absolute Gasteiger partial charge is 0.409 e. The number of hydrogen-bond acceptors (Lipinski definition) is 5. The predicted octanol–water partition coefficient (Wildman–Crippen LogP) is 2.03. The maximum Gasteiger partial charge on any atom is 0.409 e. The fraction of sp³-hybridized carbons (Fsp3) is 0.562. The summed E-state index contributed by atoms with van der Waals surface area (Å²) in [5.41, 5.74) is 1.77. The number of imidazole rings is 1. The molecule has 2 aromatic rings. The molecule has 124 valence electrons. The number of carbonyl (C=O) groups excluding carboxylic acids is 1. The Labute approximate surface area is 135 Å². The van der Waals surface area contributed by atoms with E-state index < -0.39 is 0 Å². The van der Waals surface area contributed by atoms with Crippen LogP contribution in [0.25, 0.3) is 11.2 Å². The summed E-state index contributed by atoms with van der Waals surface area (Å²) in [7, 11) is 1.98. The van der Waals surface area contributed by atoms with Gasteiger partial charge in [0.1, 0.15) is 5.52 Å². The Morgan fingerprint density at radius 3 is 2.78 bits per heavy atom. The fourth-order valence-corrected chi connectivity index (χ4v) is 2.78. The van der Waals surface area contributed by atoms with Crippen LogP contribution >= 0.6 is 0 Å². The lowest BCUT2D eigenvalue weighted by molar-refractivity contribution is 0.0988. The molecule has 0 saturated carbocycles. The number of fused-ring (bicyclic) bond motifs is 1. The largest absolute Gasteiger partial charge is 0.449 e. The molecule has 3 heterocycles. The zero-order chi connectivity index (χ0) is 16.2. The molecule has 0 aromatic carbocycles. The van der Waals surface area contributed by atoms with Crippen LogP contribution in [0.1, 0.15) is 19.8 Å². The molecule has 7 heteroatoms. The van der Waals surface area contributed by atoms with Crippen molar-refractivity contribution in [3.8, 4) is 0 Å². The fourth-order valence-electron chi connectivity index (χ4n) is 2.78. The highest BCUT2D eigenvalue weighted by atomic mass is 16.6. The summed E-state index contributed by atoms with van der Waals surface area (Å²) in [6, 6.07) is 3.86. The molecule has 0 unspecified atom stereocenters. The minimum Gasteiger partial charge on any atom is -0.449 e. The van der Waals surface area contributed by atoms with E-state index in [4.69, 9.17) is 4.74 Å². The third-order valence-corrected chi connectivity index (χ3v) is 4.15. The summed E-state index contributed by atoms with van der Waals surface area (Å²) in [5.74, 6) is 0.901. The standard InChI is InChI=1S/C16H23N5O2/c1-3-4-12-23-16(22)21-10-8-20(9-11-21)15-18-13-6-5-7-17-14(13)19(15)2/h5-7H,3-4,8-12H2,1-2H3. The van der Waals surface area contributed by atoms with E-state index in [0.29, 0.717) is 19.7 Å². The minimum atomic E-state index is -0.204. The molecule has 0 aliphatic carbocycles. The molecule has 1 amide bonds. The van der Waals surface area contributed by atoms with Gasteiger partial charge in [0.25, 0.3) is 0 Å². The average Bonchev–Trinajstić information content (AvgIpc) is 2.92. The third kappa shape index (κ3) is 3.23. The minimum absolute atomic E-state index is 0.204. The van der Waals surface area contributed by atoms with Crippen molar-refractivity contribution < 1.29 is 9.53 Å². The van der Waals surface area contributed by atoms with Crippen molar-refractivity contribution in [2.75, 3.05) is 37.7 Å². The number of ether oxygens (including phenoxy) is 1. The average molecular weight is 317 g/mol. The van der Waals surface area contributed by atoms with E-state index in [2.05, 4.69) is 21.8 Å². The second kappa shape index (κ2) is 6.85. The number of rotatable bonds is 4. The number of amides is 1. The summed E-state index contributed by atoms with van der Waals surface area (Å²) in [4.78, 5) is 25.0. The van der Waals surface area contributed by atoms with Crippen molar-refractivity contribution in [2.45, 2.75) is 19.8 Å². The van der Waals surface area contributed by atoms with Gasteiger partial charge in [0, 0.05) is 39.4 Å². The highest BCUT2D eigenvalue weighted by Crippen LogP contribution is 2.20. The zero-order valence-corrected chi connectivity index (χ0v) is 13.7. The van der Waals surface area contributed by atoms with Gasteiger partial charge < -0.3 is 14.5 Å². The van der Waals surface area contributed by atoms with Gasteiger partial charge in [-0.2, -0.15) is 0 Å². The molecule has 1 aliphatic heterocycles. The van der Waals surface area contributed by atoms with Crippen molar-refractivity contribution in [1.82, 2.24) is 19.4 Å². The molecular weight excluding hydrogens is 294 g/mol. The van der Waals surface area contributed by atoms with E-state index in [9.17, 15) is 4.79 Å². The SMILES string of the molecule is CCCCOC(=O)N1CCN(c2nc3cccnc3n2C)CC1. The molecule has 0 radical (unpaired) electrons. The van der Waals surface area contributed by atoms with E-state index in [1.165, 1.54) is 0 Å². The molecule has 0 spiro atoms. The Balaban J connectivity index is 1.62. The van der Waals surface area contributed by atoms with Gasteiger partial charge in [0.2, 0.25) is 5.95 Å². The number of nitrogens with zero attached hydrogens (tertiary/aromatic N) is 5. The number of aryl methyl sites for hydroxylation is 1. The first-order chi connectivity index (χ1) is 11.2. The van der Waals surface area contributed by atoms with Crippen LogP contribution in [0.5, 0.6) is 0 Å². The maximum atomic E-state index is 12.0. The summed E-state index contributed by atoms with van der Waals surface area (Å²) >= 11 is 0. The van der Waals surface area contributed by atoms with Crippen LogP contribution in [0.3, 0.4) is 0 Å². The van der Waals surface area contributed by atoms with Gasteiger partial charge in [-0.3, -0.25) is 4.57 Å². The highest BCUT2D eigenvalue weighted by Gasteiger charge is 2.25. The van der Waals surface area contributed by atoms with E-state index in [-0.39, 0.29) is 6.09 Å². The van der Waals surface area contributed by atoms with Crippen LogP contribution in [0.2, 0.25) is 0 Å². The number of aromatic nitrogens is 3. The highest BCUT2D eigenvalue weighted by molar-refractivity contribution is 5.74. The van der Waals surface area contributed by atoms with Crippen molar-refractivity contribution in [3.63, 3.8) is 0 Å². The van der Waals surface area contributed by atoms with Gasteiger partial charge >= 0.3 is 6.09 Å². The first kappa shape index (κ1) is 15.6. The van der Waals surface area contributed by atoms with Gasteiger partial charge in [-0.15, -0.1) is 0 Å². The van der Waals surface area contributed by atoms with Crippen molar-refractivity contribution in [2.24, 2.45) is 7.05 Å².